The molecule has 1 spiro atoms. The fraction of sp³-hybridized carbons (Fsp3) is 0.542. The lowest BCUT2D eigenvalue weighted by Gasteiger charge is -2.45. The van der Waals surface area contributed by atoms with E-state index in [1.165, 1.54) is 0 Å². The maximum Gasteiger partial charge on any atom is 0.490 e. The molecule has 2 aromatic rings. The fourth-order valence-corrected chi connectivity index (χ4v) is 6.44. The number of hydrogen-bond donors (Lipinski definition) is 2. The molecule has 1 amide bonds. The van der Waals surface area contributed by atoms with Crippen LogP contribution in [-0.4, -0.2) is 77.0 Å². The Hall–Kier alpha value is -3.17. The van der Waals surface area contributed by atoms with Gasteiger partial charge in [-0.2, -0.15) is 13.2 Å². The topological polar surface area (TPSA) is 140 Å². The number of sulfonamides is 1. The van der Waals surface area contributed by atoms with E-state index in [-0.39, 0.29) is 11.2 Å². The zero-order chi connectivity index (χ0) is 28.4. The molecular weight excluding hydrogens is 545 g/mol. The van der Waals surface area contributed by atoms with Crippen molar-refractivity contribution in [2.75, 3.05) is 20.2 Å². The van der Waals surface area contributed by atoms with Crippen LogP contribution in [-0.2, 0) is 43.0 Å². The number of rotatable bonds is 6. The Morgan fingerprint density at radius 1 is 1.21 bits per heavy atom. The van der Waals surface area contributed by atoms with E-state index in [2.05, 4.69) is 10.3 Å². The van der Waals surface area contributed by atoms with Gasteiger partial charge < -0.3 is 24.5 Å². The average molecular weight is 575 g/mol. The molecule has 214 valence electrons. The molecule has 2 fully saturated rings. The van der Waals surface area contributed by atoms with Gasteiger partial charge in [-0.3, -0.25) is 4.79 Å². The molecule has 1 saturated heterocycles. The number of carbonyl (C=O) groups is 2. The smallest absolute Gasteiger partial charge is 0.490 e. The number of ether oxygens (including phenoxy) is 2. The summed E-state index contributed by atoms with van der Waals surface area (Å²) < 4.78 is 72.1. The standard InChI is InChI=1S/C22H28N4O5S.C2HF3O2/c1-30-17-4-2-16(3-5-17)14-24-20(27)19-15-25-13-10-23-21(25)22(31-19)8-11-26(12-9-22)32(28,29)18-6-7-18;3-2(4,5)1(6)7/h2-5,10,13,18-19H,6-9,11-12,14-15H2,1H3,(H,24,27);(H,6,7). The van der Waals surface area contributed by atoms with E-state index in [1.807, 2.05) is 35.0 Å². The third kappa shape index (κ3) is 6.53. The van der Waals surface area contributed by atoms with Gasteiger partial charge in [0.1, 0.15) is 17.2 Å². The van der Waals surface area contributed by atoms with Gasteiger partial charge in [-0.15, -0.1) is 0 Å². The van der Waals surface area contributed by atoms with Gasteiger partial charge >= 0.3 is 12.1 Å². The van der Waals surface area contributed by atoms with Crippen molar-refractivity contribution in [2.24, 2.45) is 0 Å². The third-order valence-electron chi connectivity index (χ3n) is 6.85. The third-order valence-corrected chi connectivity index (χ3v) is 9.25. The van der Waals surface area contributed by atoms with Gasteiger partial charge in [-0.1, -0.05) is 12.1 Å². The number of imidazole rings is 1. The molecule has 5 rings (SSSR count). The first-order chi connectivity index (χ1) is 18.4. The summed E-state index contributed by atoms with van der Waals surface area (Å²) in [4.78, 5) is 26.4. The van der Waals surface area contributed by atoms with E-state index in [0.717, 1.165) is 30.0 Å². The zero-order valence-corrected chi connectivity index (χ0v) is 21.9. The second kappa shape index (κ2) is 11.1. The summed E-state index contributed by atoms with van der Waals surface area (Å²) in [6.07, 6.45) is 0.294. The Kier molecular flexibility index (Phi) is 8.23. The number of halogens is 3. The summed E-state index contributed by atoms with van der Waals surface area (Å²) in [5, 5.41) is 9.87. The lowest BCUT2D eigenvalue weighted by molar-refractivity contribution is -0.192. The molecule has 1 aromatic heterocycles. The quantitative estimate of drug-likeness (QED) is 0.534. The molecule has 15 heteroatoms. The lowest BCUT2D eigenvalue weighted by Crippen LogP contribution is -2.54. The number of aliphatic carboxylic acids is 1. The van der Waals surface area contributed by atoms with Gasteiger partial charge in [0, 0.05) is 32.0 Å². The van der Waals surface area contributed by atoms with Crippen molar-refractivity contribution in [3.05, 3.63) is 48.0 Å². The molecule has 2 aliphatic heterocycles. The van der Waals surface area contributed by atoms with E-state index >= 15 is 0 Å². The maximum absolute atomic E-state index is 13.0. The summed E-state index contributed by atoms with van der Waals surface area (Å²) in [6.45, 7) is 1.53. The van der Waals surface area contributed by atoms with Crippen LogP contribution in [0.15, 0.2) is 36.7 Å². The summed E-state index contributed by atoms with van der Waals surface area (Å²) in [7, 11) is -1.61. The van der Waals surface area contributed by atoms with Gasteiger partial charge in [0.05, 0.1) is 18.9 Å². The molecule has 0 radical (unpaired) electrons. The highest BCUT2D eigenvalue weighted by Gasteiger charge is 2.50. The molecule has 11 nitrogen and oxygen atoms in total. The number of piperidine rings is 1. The number of carboxylic acids is 1. The van der Waals surface area contributed by atoms with Crippen molar-refractivity contribution in [1.29, 1.82) is 0 Å². The fourth-order valence-electron chi connectivity index (χ4n) is 4.60. The number of alkyl halides is 3. The molecule has 1 aromatic carbocycles. The van der Waals surface area contributed by atoms with Gasteiger partial charge in [-0.25, -0.2) is 22.5 Å². The summed E-state index contributed by atoms with van der Waals surface area (Å²) in [6, 6.07) is 7.53. The molecule has 0 bridgehead atoms. The van der Waals surface area contributed by atoms with Gasteiger partial charge in [-0.05, 0) is 43.4 Å². The summed E-state index contributed by atoms with van der Waals surface area (Å²) in [5.41, 5.74) is 0.214. The highest BCUT2D eigenvalue weighted by molar-refractivity contribution is 7.90. The normalized spacial score (nSPS) is 20.9. The van der Waals surface area contributed by atoms with Crippen LogP contribution >= 0.6 is 0 Å². The molecule has 1 saturated carbocycles. The van der Waals surface area contributed by atoms with Crippen LogP contribution in [0, 0.1) is 0 Å². The Balaban J connectivity index is 0.000000448. The molecule has 3 heterocycles. The Labute approximate surface area is 223 Å². The predicted molar refractivity (Wildman–Crippen MR) is 130 cm³/mol. The first-order valence-electron chi connectivity index (χ1n) is 12.2. The highest BCUT2D eigenvalue weighted by Crippen LogP contribution is 2.42. The Bertz CT molecular complexity index is 1290. The number of fused-ring (bicyclic) bond motifs is 2. The van der Waals surface area contributed by atoms with E-state index in [9.17, 15) is 26.4 Å². The second-order valence-electron chi connectivity index (χ2n) is 9.52. The monoisotopic (exact) mass is 574 g/mol. The maximum atomic E-state index is 13.0. The van der Waals surface area contributed by atoms with Crippen molar-refractivity contribution in [1.82, 2.24) is 19.2 Å². The first kappa shape index (κ1) is 28.8. The number of carbonyl (C=O) groups excluding carboxylic acids is 1. The van der Waals surface area contributed by atoms with Crippen molar-refractivity contribution in [3.63, 3.8) is 0 Å². The number of hydrogen-bond acceptors (Lipinski definition) is 7. The van der Waals surface area contributed by atoms with Crippen LogP contribution in [0.3, 0.4) is 0 Å². The largest absolute Gasteiger partial charge is 0.497 e. The number of benzene rings is 1. The van der Waals surface area contributed by atoms with Crippen molar-refractivity contribution in [2.45, 2.75) is 61.9 Å². The minimum absolute atomic E-state index is 0.187. The van der Waals surface area contributed by atoms with Crippen LogP contribution in [0.25, 0.3) is 0 Å². The first-order valence-corrected chi connectivity index (χ1v) is 13.8. The molecular formula is C24H29F3N4O7S. The van der Waals surface area contributed by atoms with Gasteiger partial charge in [0.15, 0.2) is 6.10 Å². The van der Waals surface area contributed by atoms with Crippen molar-refractivity contribution >= 4 is 21.9 Å². The van der Waals surface area contributed by atoms with E-state index < -0.39 is 33.9 Å². The predicted octanol–water partition coefficient (Wildman–Crippen LogP) is 2.02. The zero-order valence-electron chi connectivity index (χ0n) is 21.1. The molecule has 1 aliphatic carbocycles. The number of aromatic nitrogens is 2. The van der Waals surface area contributed by atoms with Crippen LogP contribution in [0.2, 0.25) is 0 Å². The summed E-state index contributed by atoms with van der Waals surface area (Å²) >= 11 is 0. The van der Waals surface area contributed by atoms with Gasteiger partial charge in [0.2, 0.25) is 10.0 Å². The Morgan fingerprint density at radius 3 is 2.36 bits per heavy atom. The number of nitrogens with zero attached hydrogens (tertiary/aromatic N) is 3. The van der Waals surface area contributed by atoms with Crippen molar-refractivity contribution < 1.29 is 45.8 Å². The van der Waals surface area contributed by atoms with Crippen LogP contribution in [0.4, 0.5) is 13.2 Å². The molecule has 3 aliphatic rings. The van der Waals surface area contributed by atoms with E-state index in [4.69, 9.17) is 19.4 Å². The van der Waals surface area contributed by atoms with Gasteiger partial charge in [0.25, 0.3) is 5.91 Å². The SMILES string of the molecule is COc1ccc(CNC(=O)C2Cn3ccnc3C3(CCN(S(=O)(=O)C4CC4)CC3)O2)cc1.O=C(O)C(F)(F)F. The Morgan fingerprint density at radius 2 is 1.82 bits per heavy atom. The number of nitrogens with one attached hydrogen (secondary N) is 1. The number of methoxy groups -OCH3 is 1. The van der Waals surface area contributed by atoms with Crippen LogP contribution < -0.4 is 10.1 Å². The summed E-state index contributed by atoms with van der Waals surface area (Å²) in [5.74, 6) is -1.40. The molecule has 1 unspecified atom stereocenters. The van der Waals surface area contributed by atoms with E-state index in [1.54, 1.807) is 17.6 Å². The molecule has 1 atom stereocenters. The van der Waals surface area contributed by atoms with Crippen LogP contribution in [0.5, 0.6) is 5.75 Å². The molecule has 2 N–H and O–H groups in total. The number of carboxylic acid groups (broad SMARTS) is 1. The average Bonchev–Trinajstić information content (AvgIpc) is 3.66. The van der Waals surface area contributed by atoms with Crippen molar-refractivity contribution in [3.8, 4) is 5.75 Å². The lowest BCUT2D eigenvalue weighted by atomic mass is 9.89. The van der Waals surface area contributed by atoms with Crippen LogP contribution in [0.1, 0.15) is 37.1 Å². The number of amides is 1. The minimum atomic E-state index is -5.08. The minimum Gasteiger partial charge on any atom is -0.497 e. The molecule has 39 heavy (non-hydrogen) atoms. The second-order valence-corrected chi connectivity index (χ2v) is 11.7. The highest BCUT2D eigenvalue weighted by atomic mass is 32.2. The van der Waals surface area contributed by atoms with E-state index in [0.29, 0.717) is 39.0 Å².